The molecular weight excluding hydrogens is 258 g/mol. The van der Waals surface area contributed by atoms with Gasteiger partial charge in [-0.3, -0.25) is 4.68 Å². The number of rotatable bonds is 7. The Labute approximate surface area is 121 Å². The minimum Gasteiger partial charge on any atom is -0.394 e. The summed E-state index contributed by atoms with van der Waals surface area (Å²) in [7, 11) is 1.97. The summed E-state index contributed by atoms with van der Waals surface area (Å²) in [6, 6.07) is 2.47. The van der Waals surface area contributed by atoms with Gasteiger partial charge in [-0.2, -0.15) is 5.10 Å². The molecular formula is C14H27N3OS. The Morgan fingerprint density at radius 2 is 2.11 bits per heavy atom. The van der Waals surface area contributed by atoms with Gasteiger partial charge in [-0.1, -0.05) is 20.8 Å². The fourth-order valence-corrected chi connectivity index (χ4v) is 3.74. The van der Waals surface area contributed by atoms with Crippen LogP contribution in [0.5, 0.6) is 0 Å². The lowest BCUT2D eigenvalue weighted by molar-refractivity contribution is 0.157. The van der Waals surface area contributed by atoms with Gasteiger partial charge in [-0.25, -0.2) is 0 Å². The molecule has 5 heteroatoms. The Bertz CT molecular complexity index is 405. The smallest absolute Gasteiger partial charge is 0.0941 e. The van der Waals surface area contributed by atoms with Crippen LogP contribution in [0, 0.1) is 6.92 Å². The zero-order chi connectivity index (χ0) is 14.6. The van der Waals surface area contributed by atoms with Crippen molar-refractivity contribution in [3.8, 4) is 0 Å². The number of aryl methyl sites for hydroxylation is 2. The van der Waals surface area contributed by atoms with Crippen molar-refractivity contribution in [1.82, 2.24) is 15.1 Å². The van der Waals surface area contributed by atoms with Crippen LogP contribution >= 0.6 is 11.8 Å². The van der Waals surface area contributed by atoms with Crippen molar-refractivity contribution < 1.29 is 5.11 Å². The van der Waals surface area contributed by atoms with E-state index < -0.39 is 0 Å². The molecule has 19 heavy (non-hydrogen) atoms. The van der Waals surface area contributed by atoms with Gasteiger partial charge in [-0.05, 0) is 26.3 Å². The van der Waals surface area contributed by atoms with Gasteiger partial charge in [0.15, 0.2) is 0 Å². The zero-order valence-electron chi connectivity index (χ0n) is 12.9. The van der Waals surface area contributed by atoms with Crippen molar-refractivity contribution in [2.24, 2.45) is 7.05 Å². The number of aliphatic hydroxyl groups excluding tert-OH is 1. The molecule has 0 saturated carbocycles. The summed E-state index contributed by atoms with van der Waals surface area (Å²) in [6.45, 7) is 10.7. The highest BCUT2D eigenvalue weighted by atomic mass is 32.2. The molecule has 2 N–H and O–H groups in total. The standard InChI is InChI=1S/C14H27N3OS/c1-10(2)15-14(5,9-18)8-12(4)19-13-7-11(3)16-17(13)6/h7,10,12,15,18H,8-9H2,1-6H3. The number of hydrogen-bond donors (Lipinski definition) is 2. The molecule has 110 valence electrons. The Morgan fingerprint density at radius 3 is 2.53 bits per heavy atom. The normalized spacial score (nSPS) is 16.6. The minimum absolute atomic E-state index is 0.153. The molecule has 1 rings (SSSR count). The Morgan fingerprint density at radius 1 is 1.47 bits per heavy atom. The van der Waals surface area contributed by atoms with Gasteiger partial charge in [0.2, 0.25) is 0 Å². The van der Waals surface area contributed by atoms with Crippen molar-refractivity contribution in [1.29, 1.82) is 0 Å². The average Bonchev–Trinajstić information content (AvgIpc) is 2.55. The summed E-state index contributed by atoms with van der Waals surface area (Å²) in [5, 5.41) is 19.0. The number of thioether (sulfide) groups is 1. The first-order valence-electron chi connectivity index (χ1n) is 6.81. The third kappa shape index (κ3) is 5.16. The van der Waals surface area contributed by atoms with Gasteiger partial charge in [-0.15, -0.1) is 11.8 Å². The molecule has 2 atom stereocenters. The van der Waals surface area contributed by atoms with Gasteiger partial charge < -0.3 is 10.4 Å². The Hall–Kier alpha value is -0.520. The number of hydrogen-bond acceptors (Lipinski definition) is 4. The second-order valence-corrected chi connectivity index (χ2v) is 7.36. The molecule has 0 bridgehead atoms. The molecule has 1 heterocycles. The first-order chi connectivity index (χ1) is 8.75. The summed E-state index contributed by atoms with van der Waals surface area (Å²) in [4.78, 5) is 0. The van der Waals surface area contributed by atoms with Crippen LogP contribution in [0.3, 0.4) is 0 Å². The molecule has 1 aromatic heterocycles. The number of aliphatic hydroxyl groups is 1. The van der Waals surface area contributed by atoms with Gasteiger partial charge in [0, 0.05) is 23.9 Å². The summed E-state index contributed by atoms with van der Waals surface area (Å²) in [6.07, 6.45) is 0.913. The topological polar surface area (TPSA) is 50.1 Å². The largest absolute Gasteiger partial charge is 0.394 e. The molecule has 0 radical (unpaired) electrons. The van der Waals surface area contributed by atoms with Crippen molar-refractivity contribution in [2.45, 2.75) is 62.9 Å². The molecule has 0 aromatic carbocycles. The molecule has 1 aromatic rings. The predicted molar refractivity (Wildman–Crippen MR) is 81.6 cm³/mol. The van der Waals surface area contributed by atoms with Crippen molar-refractivity contribution in [2.75, 3.05) is 6.61 Å². The molecule has 0 aliphatic heterocycles. The fraction of sp³-hybridized carbons (Fsp3) is 0.786. The second kappa shape index (κ2) is 6.77. The van der Waals surface area contributed by atoms with Crippen LogP contribution in [0.1, 0.15) is 39.8 Å². The third-order valence-electron chi connectivity index (χ3n) is 3.01. The van der Waals surface area contributed by atoms with Crippen LogP contribution < -0.4 is 5.32 Å². The van der Waals surface area contributed by atoms with E-state index in [1.54, 1.807) is 0 Å². The van der Waals surface area contributed by atoms with Crippen LogP contribution in [-0.2, 0) is 7.05 Å². The fourth-order valence-electron chi connectivity index (χ4n) is 2.45. The zero-order valence-corrected chi connectivity index (χ0v) is 13.7. The van der Waals surface area contributed by atoms with E-state index in [1.807, 2.05) is 30.4 Å². The van der Waals surface area contributed by atoms with E-state index in [-0.39, 0.29) is 12.1 Å². The monoisotopic (exact) mass is 285 g/mol. The highest BCUT2D eigenvalue weighted by Crippen LogP contribution is 2.29. The molecule has 0 saturated heterocycles. The molecule has 2 unspecified atom stereocenters. The summed E-state index contributed by atoms with van der Waals surface area (Å²) < 4.78 is 1.92. The average molecular weight is 285 g/mol. The molecule has 0 aliphatic rings. The van der Waals surface area contributed by atoms with E-state index in [0.717, 1.165) is 12.1 Å². The van der Waals surface area contributed by atoms with Crippen LogP contribution in [0.4, 0.5) is 0 Å². The number of nitrogens with one attached hydrogen (secondary N) is 1. The third-order valence-corrected chi connectivity index (χ3v) is 4.20. The Kier molecular flexibility index (Phi) is 5.89. The molecule has 0 spiro atoms. The maximum atomic E-state index is 9.62. The van der Waals surface area contributed by atoms with E-state index in [9.17, 15) is 5.11 Å². The quantitative estimate of drug-likeness (QED) is 0.755. The van der Waals surface area contributed by atoms with Crippen molar-refractivity contribution in [3.05, 3.63) is 11.8 Å². The van der Waals surface area contributed by atoms with Gasteiger partial charge in [0.05, 0.1) is 17.3 Å². The maximum Gasteiger partial charge on any atom is 0.0941 e. The van der Waals surface area contributed by atoms with Crippen LogP contribution in [0.15, 0.2) is 11.1 Å². The van der Waals surface area contributed by atoms with E-state index in [2.05, 4.69) is 44.2 Å². The number of aromatic nitrogens is 2. The Balaban J connectivity index is 2.63. The van der Waals surface area contributed by atoms with E-state index in [1.165, 1.54) is 5.03 Å². The van der Waals surface area contributed by atoms with Gasteiger partial charge in [0.1, 0.15) is 0 Å². The van der Waals surface area contributed by atoms with Gasteiger partial charge >= 0.3 is 0 Å². The molecule has 0 aliphatic carbocycles. The molecule has 0 amide bonds. The first-order valence-corrected chi connectivity index (χ1v) is 7.69. The van der Waals surface area contributed by atoms with E-state index in [4.69, 9.17) is 0 Å². The van der Waals surface area contributed by atoms with Gasteiger partial charge in [0.25, 0.3) is 0 Å². The van der Waals surface area contributed by atoms with E-state index >= 15 is 0 Å². The number of nitrogens with zero attached hydrogens (tertiary/aromatic N) is 2. The highest BCUT2D eigenvalue weighted by molar-refractivity contribution is 7.99. The van der Waals surface area contributed by atoms with Crippen LogP contribution in [0.2, 0.25) is 0 Å². The first kappa shape index (κ1) is 16.5. The lowest BCUT2D eigenvalue weighted by Gasteiger charge is -2.33. The minimum atomic E-state index is -0.228. The van der Waals surface area contributed by atoms with Crippen molar-refractivity contribution >= 4 is 11.8 Å². The lowest BCUT2D eigenvalue weighted by atomic mass is 9.96. The summed E-state index contributed by atoms with van der Waals surface area (Å²) in [5.74, 6) is 0. The van der Waals surface area contributed by atoms with Crippen LogP contribution in [-0.4, -0.2) is 38.3 Å². The molecule has 0 fully saturated rings. The molecule has 4 nitrogen and oxygen atoms in total. The lowest BCUT2D eigenvalue weighted by Crippen LogP contribution is -2.50. The maximum absolute atomic E-state index is 9.62. The summed E-state index contributed by atoms with van der Waals surface area (Å²) in [5.41, 5.74) is 0.816. The van der Waals surface area contributed by atoms with E-state index in [0.29, 0.717) is 11.3 Å². The highest BCUT2D eigenvalue weighted by Gasteiger charge is 2.27. The van der Waals surface area contributed by atoms with Crippen molar-refractivity contribution in [3.63, 3.8) is 0 Å². The van der Waals surface area contributed by atoms with Crippen LogP contribution in [0.25, 0.3) is 0 Å². The summed E-state index contributed by atoms with van der Waals surface area (Å²) >= 11 is 1.81. The predicted octanol–water partition coefficient (Wildman–Crippen LogP) is 2.35. The second-order valence-electron chi connectivity index (χ2n) is 5.90. The SMILES string of the molecule is Cc1cc(SC(C)CC(C)(CO)NC(C)C)n(C)n1.